The average Bonchev–Trinajstić information content (AvgIpc) is 2.54. The van der Waals surface area contributed by atoms with E-state index in [2.05, 4.69) is 5.32 Å². The predicted molar refractivity (Wildman–Crippen MR) is 83.0 cm³/mol. The smallest absolute Gasteiger partial charge is 0.410 e. The first kappa shape index (κ1) is 16.3. The fraction of sp³-hybridized carbons (Fsp3) is 0.500. The Kier molecular flexibility index (Phi) is 5.77. The first-order valence-electron chi connectivity index (χ1n) is 7.58. The van der Waals surface area contributed by atoms with E-state index in [9.17, 15) is 9.59 Å². The quantitative estimate of drug-likeness (QED) is 0.877. The molecule has 0 bridgehead atoms. The van der Waals surface area contributed by atoms with E-state index in [1.54, 1.807) is 11.8 Å². The average molecular weight is 305 g/mol. The number of nitrogens with zero attached hydrogens (tertiary/aromatic N) is 1. The Morgan fingerprint density at radius 2 is 1.95 bits per heavy atom. The number of benzene rings is 1. The van der Waals surface area contributed by atoms with Crippen LogP contribution in [0.5, 0.6) is 0 Å². The molecule has 0 radical (unpaired) electrons. The minimum absolute atomic E-state index is 0.0803. The fourth-order valence-corrected chi connectivity index (χ4v) is 2.35. The standard InChI is InChI=1S/C16H23N3O3/c1-12(17)15(20)18-14-7-9-19(10-8-14)16(21)22-11-13-5-3-2-4-6-13/h2-6,12,14H,7-11,17H2,1H3,(H,18,20)/t12-/m0/s1. The Bertz CT molecular complexity index is 497. The van der Waals surface area contributed by atoms with E-state index in [-0.39, 0.29) is 24.6 Å². The topological polar surface area (TPSA) is 84.7 Å². The van der Waals surface area contributed by atoms with Crippen molar-refractivity contribution in [1.82, 2.24) is 10.2 Å². The second-order valence-electron chi connectivity index (χ2n) is 5.60. The molecule has 6 heteroatoms. The van der Waals surface area contributed by atoms with Gasteiger partial charge in [-0.25, -0.2) is 4.79 Å². The molecule has 1 aromatic rings. The molecule has 3 N–H and O–H groups in total. The predicted octanol–water partition coefficient (Wildman–Crippen LogP) is 1.25. The number of nitrogens with two attached hydrogens (primary N) is 1. The van der Waals surface area contributed by atoms with Gasteiger partial charge in [0.15, 0.2) is 0 Å². The number of likely N-dealkylation sites (tertiary alicyclic amines) is 1. The SMILES string of the molecule is C[C@H](N)C(=O)NC1CCN(C(=O)OCc2ccccc2)CC1. The lowest BCUT2D eigenvalue weighted by Gasteiger charge is -2.32. The Hall–Kier alpha value is -2.08. The van der Waals surface area contributed by atoms with Gasteiger partial charge in [-0.1, -0.05) is 30.3 Å². The highest BCUT2D eigenvalue weighted by Crippen LogP contribution is 2.12. The lowest BCUT2D eigenvalue weighted by molar-refractivity contribution is -0.122. The number of piperidine rings is 1. The van der Waals surface area contributed by atoms with Crippen LogP contribution in [0.1, 0.15) is 25.3 Å². The Morgan fingerprint density at radius 1 is 1.32 bits per heavy atom. The van der Waals surface area contributed by atoms with E-state index in [0.29, 0.717) is 13.1 Å². The van der Waals surface area contributed by atoms with Crippen LogP contribution in [0.2, 0.25) is 0 Å². The van der Waals surface area contributed by atoms with Gasteiger partial charge >= 0.3 is 6.09 Å². The summed E-state index contributed by atoms with van der Waals surface area (Å²) in [5, 5.41) is 2.89. The van der Waals surface area contributed by atoms with E-state index in [4.69, 9.17) is 10.5 Å². The molecule has 1 fully saturated rings. The van der Waals surface area contributed by atoms with Gasteiger partial charge in [0, 0.05) is 19.1 Å². The van der Waals surface area contributed by atoms with Crippen LogP contribution >= 0.6 is 0 Å². The molecule has 6 nitrogen and oxygen atoms in total. The number of ether oxygens (including phenoxy) is 1. The molecule has 1 aromatic carbocycles. The van der Waals surface area contributed by atoms with Crippen LogP contribution in [-0.2, 0) is 16.1 Å². The summed E-state index contributed by atoms with van der Waals surface area (Å²) in [6.07, 6.45) is 1.14. The molecule has 1 aliphatic rings. The number of hydrogen-bond donors (Lipinski definition) is 2. The van der Waals surface area contributed by atoms with Gasteiger partial charge in [-0.15, -0.1) is 0 Å². The third-order valence-corrected chi connectivity index (χ3v) is 3.72. The van der Waals surface area contributed by atoms with E-state index < -0.39 is 6.04 Å². The highest BCUT2D eigenvalue weighted by Gasteiger charge is 2.25. The van der Waals surface area contributed by atoms with Gasteiger partial charge in [0.2, 0.25) is 5.91 Å². The first-order chi connectivity index (χ1) is 10.6. The normalized spacial score (nSPS) is 16.9. The molecule has 22 heavy (non-hydrogen) atoms. The molecule has 2 rings (SSSR count). The molecular weight excluding hydrogens is 282 g/mol. The Morgan fingerprint density at radius 3 is 2.55 bits per heavy atom. The van der Waals surface area contributed by atoms with Gasteiger partial charge in [-0.05, 0) is 25.3 Å². The maximum atomic E-state index is 12.0. The van der Waals surface area contributed by atoms with Crippen molar-refractivity contribution in [3.05, 3.63) is 35.9 Å². The molecule has 2 amide bonds. The highest BCUT2D eigenvalue weighted by molar-refractivity contribution is 5.81. The zero-order valence-corrected chi connectivity index (χ0v) is 12.8. The number of hydrogen-bond acceptors (Lipinski definition) is 4. The summed E-state index contributed by atoms with van der Waals surface area (Å²) in [5.74, 6) is -0.148. The van der Waals surface area contributed by atoms with Crippen molar-refractivity contribution in [2.75, 3.05) is 13.1 Å². The molecule has 1 heterocycles. The van der Waals surface area contributed by atoms with Crippen molar-refractivity contribution in [3.63, 3.8) is 0 Å². The van der Waals surface area contributed by atoms with Gasteiger partial charge in [0.25, 0.3) is 0 Å². The minimum Gasteiger partial charge on any atom is -0.445 e. The maximum absolute atomic E-state index is 12.0. The van der Waals surface area contributed by atoms with Crippen molar-refractivity contribution in [2.45, 2.75) is 38.5 Å². The van der Waals surface area contributed by atoms with Crippen LogP contribution in [0.3, 0.4) is 0 Å². The number of carbonyl (C=O) groups excluding carboxylic acids is 2. The van der Waals surface area contributed by atoms with Gasteiger partial charge in [0.1, 0.15) is 6.61 Å². The van der Waals surface area contributed by atoms with Crippen molar-refractivity contribution in [1.29, 1.82) is 0 Å². The molecule has 0 saturated carbocycles. The summed E-state index contributed by atoms with van der Waals surface area (Å²) in [6, 6.07) is 9.16. The van der Waals surface area contributed by atoms with Crippen LogP contribution < -0.4 is 11.1 Å². The Labute approximate surface area is 130 Å². The summed E-state index contributed by atoms with van der Waals surface area (Å²) < 4.78 is 5.30. The van der Waals surface area contributed by atoms with E-state index in [1.165, 1.54) is 0 Å². The summed E-state index contributed by atoms with van der Waals surface area (Å²) >= 11 is 0. The van der Waals surface area contributed by atoms with Crippen molar-refractivity contribution >= 4 is 12.0 Å². The number of amides is 2. The summed E-state index contributed by atoms with van der Waals surface area (Å²) in [4.78, 5) is 25.2. The Balaban J connectivity index is 1.72. The third-order valence-electron chi connectivity index (χ3n) is 3.72. The van der Waals surface area contributed by atoms with Crippen molar-refractivity contribution in [2.24, 2.45) is 5.73 Å². The van der Waals surface area contributed by atoms with Gasteiger partial charge in [-0.3, -0.25) is 4.79 Å². The van der Waals surface area contributed by atoms with E-state index in [0.717, 1.165) is 18.4 Å². The zero-order valence-electron chi connectivity index (χ0n) is 12.8. The maximum Gasteiger partial charge on any atom is 0.410 e. The summed E-state index contributed by atoms with van der Waals surface area (Å²) in [5.41, 5.74) is 6.49. The number of rotatable bonds is 4. The van der Waals surface area contributed by atoms with Crippen LogP contribution in [0, 0.1) is 0 Å². The van der Waals surface area contributed by atoms with Gasteiger partial charge < -0.3 is 20.7 Å². The van der Waals surface area contributed by atoms with Crippen LogP contribution in [-0.4, -0.2) is 42.1 Å². The second-order valence-corrected chi connectivity index (χ2v) is 5.60. The molecule has 0 aliphatic carbocycles. The highest BCUT2D eigenvalue weighted by atomic mass is 16.6. The second kappa shape index (κ2) is 7.79. The summed E-state index contributed by atoms with van der Waals surface area (Å²) in [6.45, 7) is 3.10. The number of carbonyl (C=O) groups is 2. The van der Waals surface area contributed by atoms with Crippen LogP contribution in [0.15, 0.2) is 30.3 Å². The van der Waals surface area contributed by atoms with Gasteiger partial charge in [0.05, 0.1) is 6.04 Å². The van der Waals surface area contributed by atoms with E-state index in [1.807, 2.05) is 30.3 Å². The monoisotopic (exact) mass is 305 g/mol. The molecular formula is C16H23N3O3. The molecule has 120 valence electrons. The van der Waals surface area contributed by atoms with E-state index >= 15 is 0 Å². The molecule has 1 atom stereocenters. The lowest BCUT2D eigenvalue weighted by Crippen LogP contribution is -2.49. The van der Waals surface area contributed by atoms with Crippen molar-refractivity contribution in [3.8, 4) is 0 Å². The molecule has 0 unspecified atom stereocenters. The third kappa shape index (κ3) is 4.73. The first-order valence-corrected chi connectivity index (χ1v) is 7.58. The van der Waals surface area contributed by atoms with Gasteiger partial charge in [-0.2, -0.15) is 0 Å². The number of nitrogens with one attached hydrogen (secondary N) is 1. The molecule has 0 spiro atoms. The largest absolute Gasteiger partial charge is 0.445 e. The molecule has 0 aromatic heterocycles. The molecule has 1 saturated heterocycles. The molecule has 1 aliphatic heterocycles. The fourth-order valence-electron chi connectivity index (χ4n) is 2.35. The van der Waals surface area contributed by atoms with Crippen LogP contribution in [0.25, 0.3) is 0 Å². The minimum atomic E-state index is -0.506. The lowest BCUT2D eigenvalue weighted by atomic mass is 10.1. The van der Waals surface area contributed by atoms with Crippen LogP contribution in [0.4, 0.5) is 4.79 Å². The zero-order chi connectivity index (χ0) is 15.9. The summed E-state index contributed by atoms with van der Waals surface area (Å²) in [7, 11) is 0. The van der Waals surface area contributed by atoms with Crippen molar-refractivity contribution < 1.29 is 14.3 Å².